The van der Waals surface area contributed by atoms with Gasteiger partial charge in [-0.15, -0.1) is 0 Å². The van der Waals surface area contributed by atoms with Crippen LogP contribution >= 0.6 is 31.9 Å². The first-order valence-electron chi connectivity index (χ1n) is 5.92. The van der Waals surface area contributed by atoms with Gasteiger partial charge in [0, 0.05) is 17.1 Å². The molecule has 4 heteroatoms. The predicted molar refractivity (Wildman–Crippen MR) is 86.9 cm³/mol. The summed E-state index contributed by atoms with van der Waals surface area (Å²) in [5.41, 5.74) is 3.54. The van der Waals surface area contributed by atoms with Crippen LogP contribution in [0.3, 0.4) is 0 Å². The maximum Gasteiger partial charge on any atom is 0.135 e. The Morgan fingerprint density at radius 1 is 1.05 bits per heavy atom. The first-order chi connectivity index (χ1) is 9.10. The lowest BCUT2D eigenvalue weighted by molar-refractivity contribution is 0.412. The van der Waals surface area contributed by atoms with Gasteiger partial charge >= 0.3 is 0 Å². The lowest BCUT2D eigenvalue weighted by Gasteiger charge is -2.12. The number of hydrogen-bond acceptors (Lipinski definition) is 2. The molecule has 0 unspecified atom stereocenters. The zero-order valence-electron chi connectivity index (χ0n) is 10.8. The maximum absolute atomic E-state index is 5.30. The van der Waals surface area contributed by atoms with Crippen LogP contribution in [-0.4, -0.2) is 7.11 Å². The normalized spacial score (nSPS) is 10.3. The van der Waals surface area contributed by atoms with Gasteiger partial charge < -0.3 is 10.1 Å². The fourth-order valence-electron chi connectivity index (χ4n) is 1.72. The second-order valence-electron chi connectivity index (χ2n) is 4.31. The number of ether oxygens (including phenoxy) is 1. The van der Waals surface area contributed by atoms with Crippen molar-refractivity contribution in [1.82, 2.24) is 0 Å². The lowest BCUT2D eigenvalue weighted by atomic mass is 10.1. The standard InChI is InChI=1S/C15H15Br2NO/c1-10-3-5-11(6-4-10)9-18-14-8-15(19-2)13(17)7-12(14)16/h3-8,18H,9H2,1-2H3. The van der Waals surface area contributed by atoms with Crippen LogP contribution in [0.25, 0.3) is 0 Å². The van der Waals surface area contributed by atoms with E-state index in [-0.39, 0.29) is 0 Å². The number of aryl methyl sites for hydroxylation is 1. The van der Waals surface area contributed by atoms with E-state index in [1.807, 2.05) is 12.1 Å². The van der Waals surface area contributed by atoms with Crippen molar-refractivity contribution in [3.63, 3.8) is 0 Å². The largest absolute Gasteiger partial charge is 0.495 e. The van der Waals surface area contributed by atoms with E-state index >= 15 is 0 Å². The predicted octanol–water partition coefficient (Wildman–Crippen LogP) is 5.14. The topological polar surface area (TPSA) is 21.3 Å². The summed E-state index contributed by atoms with van der Waals surface area (Å²) < 4.78 is 7.24. The number of rotatable bonds is 4. The first kappa shape index (κ1) is 14.4. The maximum atomic E-state index is 5.30. The van der Waals surface area contributed by atoms with E-state index in [0.717, 1.165) is 26.9 Å². The van der Waals surface area contributed by atoms with E-state index in [2.05, 4.69) is 68.4 Å². The second-order valence-corrected chi connectivity index (χ2v) is 6.01. The molecule has 0 atom stereocenters. The summed E-state index contributed by atoms with van der Waals surface area (Å²) in [4.78, 5) is 0. The van der Waals surface area contributed by atoms with Crippen molar-refractivity contribution in [2.75, 3.05) is 12.4 Å². The quantitative estimate of drug-likeness (QED) is 0.787. The second kappa shape index (κ2) is 6.44. The molecule has 19 heavy (non-hydrogen) atoms. The molecular formula is C15H15Br2NO. The molecule has 0 heterocycles. The molecule has 0 spiro atoms. The molecule has 0 saturated heterocycles. The Balaban J connectivity index is 2.13. The summed E-state index contributed by atoms with van der Waals surface area (Å²) in [5, 5.41) is 3.40. The molecule has 0 radical (unpaired) electrons. The molecule has 2 aromatic rings. The zero-order valence-corrected chi connectivity index (χ0v) is 14.0. The summed E-state index contributed by atoms with van der Waals surface area (Å²) >= 11 is 7.01. The molecule has 0 aliphatic heterocycles. The van der Waals surface area contributed by atoms with Crippen molar-refractivity contribution in [2.24, 2.45) is 0 Å². The van der Waals surface area contributed by atoms with Gasteiger partial charge in [-0.1, -0.05) is 29.8 Å². The van der Waals surface area contributed by atoms with E-state index in [0.29, 0.717) is 0 Å². The van der Waals surface area contributed by atoms with Gasteiger partial charge in [0.25, 0.3) is 0 Å². The van der Waals surface area contributed by atoms with Crippen LogP contribution in [0.2, 0.25) is 0 Å². The van der Waals surface area contributed by atoms with Gasteiger partial charge in [-0.25, -0.2) is 0 Å². The third kappa shape index (κ3) is 3.74. The van der Waals surface area contributed by atoms with Crippen LogP contribution in [0.15, 0.2) is 45.3 Å². The summed E-state index contributed by atoms with van der Waals surface area (Å²) in [7, 11) is 1.66. The highest BCUT2D eigenvalue weighted by Gasteiger charge is 2.06. The fourth-order valence-corrected chi connectivity index (χ4v) is 3.02. The minimum atomic E-state index is 0.781. The smallest absolute Gasteiger partial charge is 0.135 e. The highest BCUT2D eigenvalue weighted by Crippen LogP contribution is 2.34. The van der Waals surface area contributed by atoms with Gasteiger partial charge in [0.15, 0.2) is 0 Å². The average molecular weight is 385 g/mol. The van der Waals surface area contributed by atoms with E-state index in [1.54, 1.807) is 7.11 Å². The SMILES string of the molecule is COc1cc(NCc2ccc(C)cc2)c(Br)cc1Br. The minimum Gasteiger partial charge on any atom is -0.495 e. The monoisotopic (exact) mass is 383 g/mol. The third-order valence-corrected chi connectivity index (χ3v) is 4.12. The van der Waals surface area contributed by atoms with Crippen molar-refractivity contribution in [2.45, 2.75) is 13.5 Å². The van der Waals surface area contributed by atoms with E-state index < -0.39 is 0 Å². The minimum absolute atomic E-state index is 0.781. The Morgan fingerprint density at radius 2 is 1.74 bits per heavy atom. The van der Waals surface area contributed by atoms with Gasteiger partial charge in [0.1, 0.15) is 5.75 Å². The number of benzene rings is 2. The molecule has 2 rings (SSSR count). The van der Waals surface area contributed by atoms with Crippen molar-refractivity contribution in [1.29, 1.82) is 0 Å². The zero-order chi connectivity index (χ0) is 13.8. The molecule has 0 bridgehead atoms. The van der Waals surface area contributed by atoms with Crippen molar-refractivity contribution in [3.8, 4) is 5.75 Å². The fraction of sp³-hybridized carbons (Fsp3) is 0.200. The Hall–Kier alpha value is -1.000. The Labute approximate surface area is 130 Å². The molecule has 0 aliphatic carbocycles. The van der Waals surface area contributed by atoms with Gasteiger partial charge in [-0.3, -0.25) is 0 Å². The van der Waals surface area contributed by atoms with Crippen LogP contribution in [0.5, 0.6) is 5.75 Å². The average Bonchev–Trinajstić information content (AvgIpc) is 2.40. The summed E-state index contributed by atoms with van der Waals surface area (Å²) in [6.45, 7) is 2.87. The Bertz CT molecular complexity index is 567. The highest BCUT2D eigenvalue weighted by atomic mass is 79.9. The van der Waals surface area contributed by atoms with E-state index in [4.69, 9.17) is 4.74 Å². The van der Waals surface area contributed by atoms with Crippen LogP contribution in [0.1, 0.15) is 11.1 Å². The van der Waals surface area contributed by atoms with Gasteiger partial charge in [0.2, 0.25) is 0 Å². The number of anilines is 1. The Kier molecular flexibility index (Phi) is 4.88. The van der Waals surface area contributed by atoms with Crippen LogP contribution < -0.4 is 10.1 Å². The molecule has 1 N–H and O–H groups in total. The molecule has 100 valence electrons. The van der Waals surface area contributed by atoms with E-state index in [9.17, 15) is 0 Å². The summed E-state index contributed by atoms with van der Waals surface area (Å²) in [6.07, 6.45) is 0. The molecule has 0 amide bonds. The lowest BCUT2D eigenvalue weighted by Crippen LogP contribution is -2.00. The van der Waals surface area contributed by atoms with Crippen molar-refractivity contribution < 1.29 is 4.74 Å². The molecule has 0 aromatic heterocycles. The molecule has 2 aromatic carbocycles. The van der Waals surface area contributed by atoms with Crippen LogP contribution in [0.4, 0.5) is 5.69 Å². The van der Waals surface area contributed by atoms with Crippen molar-refractivity contribution in [3.05, 3.63) is 56.5 Å². The molecule has 0 saturated carbocycles. The van der Waals surface area contributed by atoms with Gasteiger partial charge in [0.05, 0.1) is 17.3 Å². The van der Waals surface area contributed by atoms with Crippen LogP contribution in [0, 0.1) is 6.92 Å². The number of halogens is 2. The molecular weight excluding hydrogens is 370 g/mol. The van der Waals surface area contributed by atoms with Crippen molar-refractivity contribution >= 4 is 37.5 Å². The molecule has 0 aliphatic rings. The summed E-state index contributed by atoms with van der Waals surface area (Å²) in [5.74, 6) is 0.814. The number of methoxy groups -OCH3 is 1. The van der Waals surface area contributed by atoms with E-state index in [1.165, 1.54) is 11.1 Å². The summed E-state index contributed by atoms with van der Waals surface area (Å²) in [6, 6.07) is 12.5. The molecule has 0 fully saturated rings. The van der Waals surface area contributed by atoms with Crippen LogP contribution in [-0.2, 0) is 6.54 Å². The third-order valence-electron chi connectivity index (χ3n) is 2.85. The molecule has 2 nitrogen and oxygen atoms in total. The number of hydrogen-bond donors (Lipinski definition) is 1. The van der Waals surface area contributed by atoms with Gasteiger partial charge in [-0.2, -0.15) is 0 Å². The Morgan fingerprint density at radius 3 is 2.37 bits per heavy atom. The van der Waals surface area contributed by atoms with Gasteiger partial charge in [-0.05, 0) is 50.4 Å². The highest BCUT2D eigenvalue weighted by molar-refractivity contribution is 9.11. The first-order valence-corrected chi connectivity index (χ1v) is 7.51. The number of nitrogens with one attached hydrogen (secondary N) is 1.